The molecule has 0 spiro atoms. The van der Waals surface area contributed by atoms with Crippen molar-refractivity contribution in [2.24, 2.45) is 5.92 Å². The van der Waals surface area contributed by atoms with E-state index in [4.69, 9.17) is 10.00 Å². The molecular weight excluding hydrogens is 272 g/mol. The zero-order chi connectivity index (χ0) is 15.8. The van der Waals surface area contributed by atoms with Gasteiger partial charge in [0, 0.05) is 19.4 Å². The van der Waals surface area contributed by atoms with Crippen LogP contribution in [0.25, 0.3) is 0 Å². The van der Waals surface area contributed by atoms with Crippen molar-refractivity contribution in [3.8, 4) is 6.07 Å². The van der Waals surface area contributed by atoms with Crippen LogP contribution >= 0.6 is 0 Å². The minimum atomic E-state index is -1.17. The molecule has 1 amide bonds. The fourth-order valence-electron chi connectivity index (χ4n) is 1.96. The van der Waals surface area contributed by atoms with Crippen LogP contribution in [0.3, 0.4) is 0 Å². The summed E-state index contributed by atoms with van der Waals surface area (Å²) in [7, 11) is 1.38. The first kappa shape index (κ1) is 16.7. The SMILES string of the molecule is CO[C@@H](C(=O)N[C@@H](C(=O)O)[C@H](C)CC#N)c1ccccc1. The van der Waals surface area contributed by atoms with Crippen LogP contribution in [0.4, 0.5) is 0 Å². The molecule has 0 unspecified atom stereocenters. The van der Waals surface area contributed by atoms with E-state index in [2.05, 4.69) is 5.32 Å². The Morgan fingerprint density at radius 1 is 1.38 bits per heavy atom. The number of nitrogens with one attached hydrogen (secondary N) is 1. The molecule has 1 aromatic rings. The number of methoxy groups -OCH3 is 1. The third-order valence-electron chi connectivity index (χ3n) is 3.12. The Bertz CT molecular complexity index is 524. The third kappa shape index (κ3) is 4.58. The second-order valence-corrected chi connectivity index (χ2v) is 4.69. The first-order chi connectivity index (χ1) is 10.0. The number of carbonyl (C=O) groups is 2. The minimum absolute atomic E-state index is 0.0419. The van der Waals surface area contributed by atoms with Gasteiger partial charge in [0.15, 0.2) is 6.10 Å². The molecule has 0 aliphatic heterocycles. The molecule has 0 radical (unpaired) electrons. The molecular formula is C15H18N2O4. The molecule has 0 aliphatic carbocycles. The van der Waals surface area contributed by atoms with Crippen LogP contribution < -0.4 is 5.32 Å². The number of nitrogens with zero attached hydrogens (tertiary/aromatic N) is 1. The lowest BCUT2D eigenvalue weighted by Gasteiger charge is -2.22. The van der Waals surface area contributed by atoms with Gasteiger partial charge in [0.2, 0.25) is 0 Å². The van der Waals surface area contributed by atoms with E-state index < -0.39 is 29.9 Å². The van der Waals surface area contributed by atoms with Crippen molar-refractivity contribution in [2.45, 2.75) is 25.5 Å². The Labute approximate surface area is 123 Å². The number of hydrogen-bond donors (Lipinski definition) is 2. The highest BCUT2D eigenvalue weighted by Gasteiger charge is 2.30. The van der Waals surface area contributed by atoms with Crippen molar-refractivity contribution in [3.63, 3.8) is 0 Å². The molecule has 112 valence electrons. The van der Waals surface area contributed by atoms with Gasteiger partial charge in [-0.1, -0.05) is 37.3 Å². The van der Waals surface area contributed by atoms with E-state index in [1.165, 1.54) is 7.11 Å². The van der Waals surface area contributed by atoms with Crippen LogP contribution in [0.1, 0.15) is 25.0 Å². The Morgan fingerprint density at radius 3 is 2.48 bits per heavy atom. The van der Waals surface area contributed by atoms with Crippen molar-refractivity contribution in [2.75, 3.05) is 7.11 Å². The summed E-state index contributed by atoms with van der Waals surface area (Å²) < 4.78 is 5.15. The predicted octanol–water partition coefficient (Wildman–Crippen LogP) is 1.49. The van der Waals surface area contributed by atoms with Crippen LogP contribution in [0.15, 0.2) is 30.3 Å². The number of amides is 1. The summed E-state index contributed by atoms with van der Waals surface area (Å²) in [6, 6.07) is 9.57. The lowest BCUT2D eigenvalue weighted by Crippen LogP contribution is -2.47. The molecule has 21 heavy (non-hydrogen) atoms. The molecule has 0 aromatic heterocycles. The fourth-order valence-corrected chi connectivity index (χ4v) is 1.96. The summed E-state index contributed by atoms with van der Waals surface area (Å²) in [4.78, 5) is 23.4. The van der Waals surface area contributed by atoms with Gasteiger partial charge in [-0.3, -0.25) is 4.79 Å². The molecule has 2 N–H and O–H groups in total. The van der Waals surface area contributed by atoms with E-state index >= 15 is 0 Å². The Hall–Kier alpha value is -2.39. The monoisotopic (exact) mass is 290 g/mol. The number of carboxylic acid groups (broad SMARTS) is 1. The van der Waals surface area contributed by atoms with Gasteiger partial charge in [-0.2, -0.15) is 5.26 Å². The van der Waals surface area contributed by atoms with Crippen LogP contribution in [-0.2, 0) is 14.3 Å². The zero-order valence-electron chi connectivity index (χ0n) is 11.9. The number of benzene rings is 1. The summed E-state index contributed by atoms with van der Waals surface area (Å²) in [5.74, 6) is -2.21. The number of nitriles is 1. The molecule has 3 atom stereocenters. The van der Waals surface area contributed by atoms with E-state index in [-0.39, 0.29) is 6.42 Å². The molecule has 0 bridgehead atoms. The molecule has 0 heterocycles. The average Bonchev–Trinajstić information content (AvgIpc) is 2.46. The molecule has 6 heteroatoms. The third-order valence-corrected chi connectivity index (χ3v) is 3.12. The van der Waals surface area contributed by atoms with Crippen LogP contribution in [0.2, 0.25) is 0 Å². The first-order valence-corrected chi connectivity index (χ1v) is 6.49. The van der Waals surface area contributed by atoms with Gasteiger partial charge < -0.3 is 15.2 Å². The number of aliphatic carboxylic acids is 1. The van der Waals surface area contributed by atoms with E-state index in [1.54, 1.807) is 31.2 Å². The summed E-state index contributed by atoms with van der Waals surface area (Å²) in [6.45, 7) is 1.60. The molecule has 0 saturated carbocycles. The summed E-state index contributed by atoms with van der Waals surface area (Å²) in [5, 5.41) is 20.3. The fraction of sp³-hybridized carbons (Fsp3) is 0.400. The molecule has 0 saturated heterocycles. The molecule has 1 rings (SSSR count). The van der Waals surface area contributed by atoms with Crippen LogP contribution in [0, 0.1) is 17.2 Å². The lowest BCUT2D eigenvalue weighted by molar-refractivity contribution is -0.145. The normalized spacial score (nSPS) is 14.5. The van der Waals surface area contributed by atoms with Crippen molar-refractivity contribution >= 4 is 11.9 Å². The van der Waals surface area contributed by atoms with Crippen molar-refractivity contribution in [3.05, 3.63) is 35.9 Å². The highest BCUT2D eigenvalue weighted by molar-refractivity contribution is 5.87. The largest absolute Gasteiger partial charge is 0.480 e. The topological polar surface area (TPSA) is 99.4 Å². The number of carbonyl (C=O) groups excluding carboxylic acids is 1. The van der Waals surface area contributed by atoms with Gasteiger partial charge in [-0.05, 0) is 5.56 Å². The lowest BCUT2D eigenvalue weighted by atomic mass is 9.98. The second kappa shape index (κ2) is 8.02. The zero-order valence-corrected chi connectivity index (χ0v) is 11.9. The highest BCUT2D eigenvalue weighted by atomic mass is 16.5. The van der Waals surface area contributed by atoms with E-state index in [0.29, 0.717) is 5.56 Å². The number of hydrogen-bond acceptors (Lipinski definition) is 4. The molecule has 0 fully saturated rings. The molecule has 0 aliphatic rings. The van der Waals surface area contributed by atoms with Gasteiger partial charge in [0.1, 0.15) is 6.04 Å². The van der Waals surface area contributed by atoms with Crippen molar-refractivity contribution < 1.29 is 19.4 Å². The van der Waals surface area contributed by atoms with Gasteiger partial charge in [0.05, 0.1) is 6.07 Å². The van der Waals surface area contributed by atoms with E-state index in [1.807, 2.05) is 12.1 Å². The maximum absolute atomic E-state index is 12.2. The minimum Gasteiger partial charge on any atom is -0.480 e. The summed E-state index contributed by atoms with van der Waals surface area (Å²) in [5.41, 5.74) is 0.634. The molecule has 1 aromatic carbocycles. The van der Waals surface area contributed by atoms with Gasteiger partial charge >= 0.3 is 5.97 Å². The summed E-state index contributed by atoms with van der Waals surface area (Å²) in [6.07, 6.45) is -0.845. The maximum atomic E-state index is 12.2. The van der Waals surface area contributed by atoms with E-state index in [9.17, 15) is 14.7 Å². The molecule has 6 nitrogen and oxygen atoms in total. The van der Waals surface area contributed by atoms with Gasteiger partial charge in [0.25, 0.3) is 5.91 Å². The highest BCUT2D eigenvalue weighted by Crippen LogP contribution is 2.17. The van der Waals surface area contributed by atoms with Gasteiger partial charge in [-0.15, -0.1) is 0 Å². The van der Waals surface area contributed by atoms with E-state index in [0.717, 1.165) is 0 Å². The van der Waals surface area contributed by atoms with Crippen LogP contribution in [0.5, 0.6) is 0 Å². The smallest absolute Gasteiger partial charge is 0.326 e. The maximum Gasteiger partial charge on any atom is 0.326 e. The van der Waals surface area contributed by atoms with Crippen molar-refractivity contribution in [1.29, 1.82) is 5.26 Å². The van der Waals surface area contributed by atoms with Crippen molar-refractivity contribution in [1.82, 2.24) is 5.32 Å². The first-order valence-electron chi connectivity index (χ1n) is 6.49. The average molecular weight is 290 g/mol. The Balaban J connectivity index is 2.85. The Morgan fingerprint density at radius 2 is 2.00 bits per heavy atom. The number of rotatable bonds is 7. The quantitative estimate of drug-likeness (QED) is 0.792. The number of ether oxygens (including phenoxy) is 1. The summed E-state index contributed by atoms with van der Waals surface area (Å²) >= 11 is 0. The standard InChI is InChI=1S/C15H18N2O4/c1-10(8-9-16)12(15(19)20)17-14(18)13(21-2)11-6-4-3-5-7-11/h3-7,10,12-13H,8H2,1-2H3,(H,17,18)(H,19,20)/t10-,12-,13-/m1/s1. The predicted molar refractivity (Wildman–Crippen MR) is 75.2 cm³/mol. The Kier molecular flexibility index (Phi) is 6.37. The number of carboxylic acids is 1. The second-order valence-electron chi connectivity index (χ2n) is 4.69. The van der Waals surface area contributed by atoms with Gasteiger partial charge in [-0.25, -0.2) is 4.79 Å². The van der Waals surface area contributed by atoms with Crippen LogP contribution in [-0.4, -0.2) is 30.1 Å².